The summed E-state index contributed by atoms with van der Waals surface area (Å²) in [4.78, 5) is 25.2. The first-order valence-electron chi connectivity index (χ1n) is 7.39. The molecule has 6 nitrogen and oxygen atoms in total. The number of piperazine rings is 1. The van der Waals surface area contributed by atoms with Gasteiger partial charge in [-0.15, -0.1) is 0 Å². The fraction of sp³-hybridized carbons (Fsp3) is 0.375. The number of hydrogen-bond donors (Lipinski definition) is 2. The van der Waals surface area contributed by atoms with Crippen molar-refractivity contribution in [1.29, 1.82) is 0 Å². The number of nitrogens with zero attached hydrogens (tertiary/aromatic N) is 1. The van der Waals surface area contributed by atoms with Gasteiger partial charge in [0.1, 0.15) is 11.3 Å². The average Bonchev–Trinajstić information content (AvgIpc) is 2.91. The van der Waals surface area contributed by atoms with Crippen molar-refractivity contribution in [2.75, 3.05) is 26.2 Å². The predicted molar refractivity (Wildman–Crippen MR) is 82.2 cm³/mol. The molecule has 0 spiro atoms. The second kappa shape index (κ2) is 6.19. The van der Waals surface area contributed by atoms with Crippen molar-refractivity contribution in [3.63, 3.8) is 0 Å². The number of carbonyl (C=O) groups excluding carboxylic acids is 2. The summed E-state index contributed by atoms with van der Waals surface area (Å²) in [5.41, 5.74) is 0.811. The van der Waals surface area contributed by atoms with Crippen LogP contribution in [0, 0.1) is 0 Å². The van der Waals surface area contributed by atoms with Gasteiger partial charge in [-0.3, -0.25) is 14.5 Å². The van der Waals surface area contributed by atoms with Gasteiger partial charge in [-0.2, -0.15) is 0 Å². The van der Waals surface area contributed by atoms with Crippen LogP contribution in [0.4, 0.5) is 0 Å². The summed E-state index contributed by atoms with van der Waals surface area (Å²) in [5, 5.41) is 6.67. The summed E-state index contributed by atoms with van der Waals surface area (Å²) in [6.07, 6.45) is 0. The lowest BCUT2D eigenvalue weighted by Gasteiger charge is -2.26. The maximum absolute atomic E-state index is 12.1. The molecule has 2 aromatic rings. The summed E-state index contributed by atoms with van der Waals surface area (Å²) in [6, 6.07) is 9.47. The Morgan fingerprint density at radius 2 is 2.27 bits per heavy atom. The molecule has 2 amide bonds. The van der Waals surface area contributed by atoms with Crippen LogP contribution in [0.3, 0.4) is 0 Å². The molecule has 1 aliphatic rings. The monoisotopic (exact) mass is 301 g/mol. The SMILES string of the molecule is C[C@@H](NC(=O)CN1CCNC(=O)C1)c1cc2ccccc2o1. The standard InChI is InChI=1S/C16H19N3O3/c1-11(14-8-12-4-2-3-5-13(12)22-14)18-16(21)10-19-7-6-17-15(20)9-19/h2-5,8,11H,6-7,9-10H2,1H3,(H,17,20)(H,18,21)/t11-/m1/s1. The summed E-state index contributed by atoms with van der Waals surface area (Å²) in [5.74, 6) is 0.581. The Bertz CT molecular complexity index is 662. The van der Waals surface area contributed by atoms with Crippen LogP contribution in [0.5, 0.6) is 0 Å². The quantitative estimate of drug-likeness (QED) is 0.885. The van der Waals surface area contributed by atoms with Crippen molar-refractivity contribution in [3.8, 4) is 0 Å². The van der Waals surface area contributed by atoms with Crippen LogP contribution in [-0.2, 0) is 9.59 Å². The molecule has 2 N–H and O–H groups in total. The van der Waals surface area contributed by atoms with Crippen LogP contribution >= 0.6 is 0 Å². The van der Waals surface area contributed by atoms with Crippen molar-refractivity contribution in [2.45, 2.75) is 13.0 Å². The Balaban J connectivity index is 1.59. The third-order valence-corrected chi connectivity index (χ3v) is 3.73. The molecule has 1 aromatic heterocycles. The van der Waals surface area contributed by atoms with Gasteiger partial charge in [-0.1, -0.05) is 18.2 Å². The van der Waals surface area contributed by atoms with Gasteiger partial charge in [0.15, 0.2) is 0 Å². The van der Waals surface area contributed by atoms with Gasteiger partial charge in [0.25, 0.3) is 0 Å². The van der Waals surface area contributed by atoms with E-state index < -0.39 is 0 Å². The van der Waals surface area contributed by atoms with Gasteiger partial charge in [-0.05, 0) is 19.1 Å². The predicted octanol–water partition coefficient (Wildman–Crippen LogP) is 1.04. The maximum Gasteiger partial charge on any atom is 0.234 e. The fourth-order valence-electron chi connectivity index (χ4n) is 2.60. The lowest BCUT2D eigenvalue weighted by molar-refractivity contribution is -0.127. The number of fused-ring (bicyclic) bond motifs is 1. The molecule has 2 heterocycles. The Morgan fingerprint density at radius 1 is 1.45 bits per heavy atom. The molecule has 0 bridgehead atoms. The molecule has 1 aliphatic heterocycles. The van der Waals surface area contributed by atoms with E-state index in [1.807, 2.05) is 42.2 Å². The van der Waals surface area contributed by atoms with E-state index in [1.54, 1.807) is 0 Å². The Morgan fingerprint density at radius 3 is 3.05 bits per heavy atom. The van der Waals surface area contributed by atoms with Crippen molar-refractivity contribution < 1.29 is 14.0 Å². The van der Waals surface area contributed by atoms with Gasteiger partial charge in [-0.25, -0.2) is 0 Å². The lowest BCUT2D eigenvalue weighted by Crippen LogP contribution is -2.50. The molecular formula is C16H19N3O3. The second-order valence-electron chi connectivity index (χ2n) is 5.54. The topological polar surface area (TPSA) is 74.6 Å². The van der Waals surface area contributed by atoms with Gasteiger partial charge in [0, 0.05) is 18.5 Å². The van der Waals surface area contributed by atoms with Crippen LogP contribution in [0.2, 0.25) is 0 Å². The Kier molecular flexibility index (Phi) is 4.11. The highest BCUT2D eigenvalue weighted by Gasteiger charge is 2.20. The van der Waals surface area contributed by atoms with E-state index in [4.69, 9.17) is 4.42 Å². The first kappa shape index (κ1) is 14.6. The molecule has 1 aromatic carbocycles. The molecule has 0 radical (unpaired) electrons. The number of benzene rings is 1. The largest absolute Gasteiger partial charge is 0.459 e. The number of rotatable bonds is 4. The fourth-order valence-corrected chi connectivity index (χ4v) is 2.60. The third-order valence-electron chi connectivity index (χ3n) is 3.73. The normalized spacial score (nSPS) is 17.2. The number of carbonyl (C=O) groups is 2. The molecule has 1 atom stereocenters. The smallest absolute Gasteiger partial charge is 0.234 e. The molecule has 6 heteroatoms. The van der Waals surface area contributed by atoms with E-state index in [1.165, 1.54) is 0 Å². The van der Waals surface area contributed by atoms with Gasteiger partial charge >= 0.3 is 0 Å². The van der Waals surface area contributed by atoms with E-state index in [9.17, 15) is 9.59 Å². The maximum atomic E-state index is 12.1. The van der Waals surface area contributed by atoms with Crippen molar-refractivity contribution in [3.05, 3.63) is 36.1 Å². The van der Waals surface area contributed by atoms with Crippen molar-refractivity contribution >= 4 is 22.8 Å². The van der Waals surface area contributed by atoms with E-state index in [2.05, 4.69) is 10.6 Å². The number of para-hydroxylation sites is 1. The zero-order chi connectivity index (χ0) is 15.5. The molecule has 116 valence electrons. The number of nitrogens with one attached hydrogen (secondary N) is 2. The third kappa shape index (κ3) is 3.28. The summed E-state index contributed by atoms with van der Waals surface area (Å²) in [6.45, 7) is 3.66. The van der Waals surface area contributed by atoms with E-state index >= 15 is 0 Å². The van der Waals surface area contributed by atoms with E-state index in [0.717, 1.165) is 16.7 Å². The summed E-state index contributed by atoms with van der Waals surface area (Å²) >= 11 is 0. The highest BCUT2D eigenvalue weighted by Crippen LogP contribution is 2.23. The molecule has 1 fully saturated rings. The minimum Gasteiger partial charge on any atom is -0.459 e. The van der Waals surface area contributed by atoms with Crippen LogP contribution in [0.15, 0.2) is 34.7 Å². The summed E-state index contributed by atoms with van der Waals surface area (Å²) < 4.78 is 5.75. The highest BCUT2D eigenvalue weighted by atomic mass is 16.3. The Labute approximate surface area is 128 Å². The lowest BCUT2D eigenvalue weighted by atomic mass is 10.2. The molecule has 1 saturated heterocycles. The van der Waals surface area contributed by atoms with Gasteiger partial charge in [0.2, 0.25) is 11.8 Å². The molecule has 0 saturated carbocycles. The minimum absolute atomic E-state index is 0.0376. The van der Waals surface area contributed by atoms with E-state index in [-0.39, 0.29) is 30.9 Å². The molecule has 22 heavy (non-hydrogen) atoms. The van der Waals surface area contributed by atoms with Gasteiger partial charge < -0.3 is 15.1 Å². The first-order chi connectivity index (χ1) is 10.6. The molecule has 3 rings (SSSR count). The van der Waals surface area contributed by atoms with Crippen molar-refractivity contribution in [2.24, 2.45) is 0 Å². The molecule has 0 unspecified atom stereocenters. The minimum atomic E-state index is -0.210. The van der Waals surface area contributed by atoms with Crippen LogP contribution in [0.1, 0.15) is 18.7 Å². The zero-order valence-corrected chi connectivity index (χ0v) is 12.5. The number of amides is 2. The average molecular weight is 301 g/mol. The zero-order valence-electron chi connectivity index (χ0n) is 12.5. The van der Waals surface area contributed by atoms with Crippen LogP contribution < -0.4 is 10.6 Å². The summed E-state index contributed by atoms with van der Waals surface area (Å²) in [7, 11) is 0. The first-order valence-corrected chi connectivity index (χ1v) is 7.39. The second-order valence-corrected chi connectivity index (χ2v) is 5.54. The number of hydrogen-bond acceptors (Lipinski definition) is 4. The molecule has 0 aliphatic carbocycles. The van der Waals surface area contributed by atoms with Crippen molar-refractivity contribution in [1.82, 2.24) is 15.5 Å². The Hall–Kier alpha value is -2.34. The van der Waals surface area contributed by atoms with Gasteiger partial charge in [0.05, 0.1) is 19.1 Å². The van der Waals surface area contributed by atoms with Crippen LogP contribution in [-0.4, -0.2) is 42.9 Å². The van der Waals surface area contributed by atoms with E-state index in [0.29, 0.717) is 13.1 Å². The number of furan rings is 1. The molecular weight excluding hydrogens is 282 g/mol. The van der Waals surface area contributed by atoms with Crippen LogP contribution in [0.25, 0.3) is 11.0 Å². The highest BCUT2D eigenvalue weighted by molar-refractivity contribution is 5.82.